The number of hydrazone groups is 1. The minimum absolute atomic E-state index is 0.972. The van der Waals surface area contributed by atoms with Gasteiger partial charge in [-0.25, -0.2) is 0 Å². The molecule has 33 heavy (non-hydrogen) atoms. The first kappa shape index (κ1) is 20.7. The van der Waals surface area contributed by atoms with Gasteiger partial charge in [-0.15, -0.1) is 0 Å². The first-order chi connectivity index (χ1) is 16.2. The summed E-state index contributed by atoms with van der Waals surface area (Å²) in [6.45, 7) is 4.27. The van der Waals surface area contributed by atoms with E-state index in [1.807, 2.05) is 0 Å². The summed E-state index contributed by atoms with van der Waals surface area (Å²) in [6.07, 6.45) is 0. The Kier molecular flexibility index (Phi) is 5.73. The van der Waals surface area contributed by atoms with Gasteiger partial charge in [0.1, 0.15) is 0 Å². The molecule has 1 N–H and O–H groups in total. The van der Waals surface area contributed by atoms with Crippen molar-refractivity contribution in [2.24, 2.45) is 5.10 Å². The van der Waals surface area contributed by atoms with Crippen LogP contribution in [0.25, 0.3) is 16.7 Å². The first-order valence-corrected chi connectivity index (χ1v) is 11.3. The van der Waals surface area contributed by atoms with Gasteiger partial charge in [0.2, 0.25) is 0 Å². The van der Waals surface area contributed by atoms with Crippen molar-refractivity contribution in [2.45, 2.75) is 13.8 Å². The van der Waals surface area contributed by atoms with Gasteiger partial charge in [-0.1, -0.05) is 109 Å². The number of hydrogen-bond donors (Lipinski definition) is 1. The highest BCUT2D eigenvalue weighted by atomic mass is 15.3. The van der Waals surface area contributed by atoms with Crippen LogP contribution in [0, 0.1) is 6.92 Å². The van der Waals surface area contributed by atoms with Gasteiger partial charge in [0.15, 0.2) is 0 Å². The molecular weight excluding hydrogens is 400 g/mol. The average Bonchev–Trinajstić information content (AvgIpc) is 3.17. The molecule has 4 aromatic rings. The van der Waals surface area contributed by atoms with Crippen molar-refractivity contribution in [3.63, 3.8) is 0 Å². The van der Waals surface area contributed by atoms with Gasteiger partial charge < -0.3 is 0 Å². The summed E-state index contributed by atoms with van der Waals surface area (Å²) in [4.78, 5) is 0. The van der Waals surface area contributed by atoms with Crippen LogP contribution in [0.15, 0.2) is 126 Å². The van der Waals surface area contributed by atoms with E-state index in [2.05, 4.69) is 135 Å². The molecule has 0 saturated carbocycles. The quantitative estimate of drug-likeness (QED) is 0.323. The minimum atomic E-state index is 0.972. The summed E-state index contributed by atoms with van der Waals surface area (Å²) < 4.78 is 0. The van der Waals surface area contributed by atoms with Crippen molar-refractivity contribution in [3.8, 4) is 0 Å². The van der Waals surface area contributed by atoms with Gasteiger partial charge in [0.25, 0.3) is 0 Å². The molecule has 0 atom stereocenters. The van der Waals surface area contributed by atoms with Crippen LogP contribution in [0.3, 0.4) is 0 Å². The van der Waals surface area contributed by atoms with E-state index in [4.69, 9.17) is 5.10 Å². The molecule has 0 heterocycles. The lowest BCUT2D eigenvalue weighted by Crippen LogP contribution is -2.05. The molecule has 1 aliphatic carbocycles. The number of anilines is 1. The maximum atomic E-state index is 4.96. The highest BCUT2D eigenvalue weighted by Gasteiger charge is 2.31. The fourth-order valence-electron chi connectivity index (χ4n) is 4.37. The van der Waals surface area contributed by atoms with E-state index in [0.717, 1.165) is 22.5 Å². The Morgan fingerprint density at radius 1 is 0.485 bits per heavy atom. The van der Waals surface area contributed by atoms with E-state index < -0.39 is 0 Å². The fourth-order valence-corrected chi connectivity index (χ4v) is 4.37. The predicted molar refractivity (Wildman–Crippen MR) is 141 cm³/mol. The second-order valence-electron chi connectivity index (χ2n) is 8.29. The smallest absolute Gasteiger partial charge is 0.0953 e. The average molecular weight is 427 g/mol. The van der Waals surface area contributed by atoms with E-state index in [1.165, 1.54) is 33.4 Å². The van der Waals surface area contributed by atoms with Crippen molar-refractivity contribution >= 4 is 28.1 Å². The fraction of sp³-hybridized carbons (Fsp3) is 0.0645. The Bertz CT molecular complexity index is 1350. The number of rotatable bonds is 5. The van der Waals surface area contributed by atoms with E-state index in [0.29, 0.717) is 0 Å². The van der Waals surface area contributed by atoms with Crippen LogP contribution in [0.5, 0.6) is 0 Å². The lowest BCUT2D eigenvalue weighted by atomic mass is 9.90. The highest BCUT2D eigenvalue weighted by molar-refractivity contribution is 6.49. The van der Waals surface area contributed by atoms with Crippen molar-refractivity contribution in [1.82, 2.24) is 0 Å². The summed E-state index contributed by atoms with van der Waals surface area (Å²) in [5.74, 6) is 0. The molecule has 0 aromatic heterocycles. The summed E-state index contributed by atoms with van der Waals surface area (Å²) in [5, 5.41) is 4.96. The molecule has 0 fully saturated rings. The third-order valence-electron chi connectivity index (χ3n) is 6.00. The largest absolute Gasteiger partial charge is 0.278 e. The molecular formula is C31H26N2. The van der Waals surface area contributed by atoms with Gasteiger partial charge >= 0.3 is 0 Å². The number of benzene rings is 4. The lowest BCUT2D eigenvalue weighted by Gasteiger charge is -2.13. The standard InChI is InChI=1S/C31H26N2/c1-22-18-20-27(21-19-22)32-33-31-23(2)28(24-12-6-3-7-13-24)29(25-14-8-4-9-15-25)30(31)26-16-10-5-11-17-26/h3-21,32H,1-2H3/b33-31-. The molecule has 5 rings (SSSR count). The zero-order chi connectivity index (χ0) is 22.6. The molecule has 0 unspecified atom stereocenters. The molecule has 4 aromatic carbocycles. The molecule has 0 bridgehead atoms. The molecule has 2 nitrogen and oxygen atoms in total. The van der Waals surface area contributed by atoms with Crippen LogP contribution in [0.2, 0.25) is 0 Å². The number of aryl methyl sites for hydroxylation is 1. The van der Waals surface area contributed by atoms with Crippen molar-refractivity contribution in [2.75, 3.05) is 5.43 Å². The first-order valence-electron chi connectivity index (χ1n) is 11.3. The Morgan fingerprint density at radius 3 is 1.45 bits per heavy atom. The minimum Gasteiger partial charge on any atom is -0.278 e. The second kappa shape index (κ2) is 9.13. The molecule has 0 aliphatic heterocycles. The molecule has 0 radical (unpaired) electrons. The third kappa shape index (κ3) is 4.16. The van der Waals surface area contributed by atoms with Crippen LogP contribution in [-0.4, -0.2) is 5.71 Å². The van der Waals surface area contributed by atoms with Crippen LogP contribution >= 0.6 is 0 Å². The Labute approximate surface area is 195 Å². The lowest BCUT2D eigenvalue weighted by molar-refractivity contribution is 1.32. The Hall–Kier alpha value is -4.17. The van der Waals surface area contributed by atoms with Crippen molar-refractivity contribution < 1.29 is 0 Å². The Balaban J connectivity index is 1.75. The van der Waals surface area contributed by atoms with E-state index in [9.17, 15) is 0 Å². The zero-order valence-corrected chi connectivity index (χ0v) is 18.9. The van der Waals surface area contributed by atoms with Gasteiger partial charge in [-0.2, -0.15) is 5.10 Å². The van der Waals surface area contributed by atoms with Gasteiger partial charge in [-0.05, 0) is 59.4 Å². The van der Waals surface area contributed by atoms with Crippen LogP contribution in [-0.2, 0) is 0 Å². The monoisotopic (exact) mass is 426 g/mol. The summed E-state index contributed by atoms with van der Waals surface area (Å²) in [7, 11) is 0. The molecule has 0 spiro atoms. The highest BCUT2D eigenvalue weighted by Crippen LogP contribution is 2.46. The normalized spacial score (nSPS) is 14.8. The maximum absolute atomic E-state index is 4.96. The van der Waals surface area contributed by atoms with Gasteiger partial charge in [-0.3, -0.25) is 5.43 Å². The maximum Gasteiger partial charge on any atom is 0.0953 e. The summed E-state index contributed by atoms with van der Waals surface area (Å²) in [6, 6.07) is 40.1. The van der Waals surface area contributed by atoms with Crippen LogP contribution in [0.1, 0.15) is 29.2 Å². The Morgan fingerprint density at radius 2 is 0.939 bits per heavy atom. The molecule has 1 aliphatic rings. The van der Waals surface area contributed by atoms with Crippen LogP contribution < -0.4 is 5.43 Å². The number of nitrogens with one attached hydrogen (secondary N) is 1. The predicted octanol–water partition coefficient (Wildman–Crippen LogP) is 7.86. The number of nitrogens with zero attached hydrogens (tertiary/aromatic N) is 1. The van der Waals surface area contributed by atoms with E-state index in [1.54, 1.807) is 0 Å². The van der Waals surface area contributed by atoms with E-state index in [-0.39, 0.29) is 0 Å². The third-order valence-corrected chi connectivity index (χ3v) is 6.00. The number of allylic oxidation sites excluding steroid dienone is 4. The summed E-state index contributed by atoms with van der Waals surface area (Å²) >= 11 is 0. The van der Waals surface area contributed by atoms with Crippen molar-refractivity contribution in [1.29, 1.82) is 0 Å². The van der Waals surface area contributed by atoms with E-state index >= 15 is 0 Å². The molecule has 160 valence electrons. The van der Waals surface area contributed by atoms with Gasteiger partial charge in [0, 0.05) is 5.57 Å². The van der Waals surface area contributed by atoms with Crippen molar-refractivity contribution in [3.05, 3.63) is 143 Å². The topological polar surface area (TPSA) is 24.4 Å². The zero-order valence-electron chi connectivity index (χ0n) is 18.9. The molecule has 2 heteroatoms. The number of hydrogen-bond acceptors (Lipinski definition) is 2. The second-order valence-corrected chi connectivity index (χ2v) is 8.29. The van der Waals surface area contributed by atoms with Crippen LogP contribution in [0.4, 0.5) is 5.69 Å². The van der Waals surface area contributed by atoms with Gasteiger partial charge in [0.05, 0.1) is 11.4 Å². The SMILES string of the molecule is CC1=C(c2ccccc2)C(c2ccccc2)=C(c2ccccc2)/C1=N\Nc1ccc(C)cc1. The summed E-state index contributed by atoms with van der Waals surface area (Å²) in [5.41, 5.74) is 14.8. The molecule has 0 amide bonds. The molecule has 0 saturated heterocycles.